The third-order valence-corrected chi connectivity index (χ3v) is 4.02. The van der Waals surface area contributed by atoms with Crippen LogP contribution in [-0.2, 0) is 13.2 Å². The Morgan fingerprint density at radius 1 is 0.960 bits per heavy atom. The largest absolute Gasteiger partial charge is 0.471 e. The van der Waals surface area contributed by atoms with Crippen molar-refractivity contribution in [2.24, 2.45) is 0 Å². The molecule has 1 heterocycles. The normalized spacial score (nSPS) is 11.0. The minimum absolute atomic E-state index is 0.523. The van der Waals surface area contributed by atoms with Crippen LogP contribution in [0.15, 0.2) is 66.9 Å². The summed E-state index contributed by atoms with van der Waals surface area (Å²) in [5, 5.41) is 4.67. The number of hydrogen-bond acceptors (Lipinski definition) is 3. The monoisotopic (exact) mass is 335 g/mol. The van der Waals surface area contributed by atoms with Gasteiger partial charge < -0.3 is 9.64 Å². The fraction of sp³-hybridized carbons (Fsp3) is 0.286. The number of benzene rings is 2. The van der Waals surface area contributed by atoms with Crippen LogP contribution in [0.4, 0.5) is 0 Å². The van der Waals surface area contributed by atoms with Crippen molar-refractivity contribution in [1.29, 1.82) is 0 Å². The fourth-order valence-electron chi connectivity index (χ4n) is 2.72. The zero-order chi connectivity index (χ0) is 17.5. The first-order chi connectivity index (χ1) is 12.2. The van der Waals surface area contributed by atoms with E-state index in [1.54, 1.807) is 0 Å². The van der Waals surface area contributed by atoms with Crippen LogP contribution in [0.2, 0.25) is 0 Å². The second kappa shape index (κ2) is 8.49. The van der Waals surface area contributed by atoms with E-state index in [2.05, 4.69) is 54.6 Å². The van der Waals surface area contributed by atoms with Crippen molar-refractivity contribution in [3.05, 3.63) is 72.4 Å². The summed E-state index contributed by atoms with van der Waals surface area (Å²) >= 11 is 0. The Morgan fingerprint density at radius 2 is 1.64 bits per heavy atom. The molecule has 0 N–H and O–H groups in total. The highest BCUT2D eigenvalue weighted by Crippen LogP contribution is 2.29. The molecule has 0 atom stereocenters. The van der Waals surface area contributed by atoms with Crippen LogP contribution < -0.4 is 4.74 Å². The predicted molar refractivity (Wildman–Crippen MR) is 102 cm³/mol. The summed E-state index contributed by atoms with van der Waals surface area (Å²) in [5.41, 5.74) is 3.31. The van der Waals surface area contributed by atoms with E-state index in [4.69, 9.17) is 4.74 Å². The number of hydrogen-bond donors (Lipinski definition) is 0. The van der Waals surface area contributed by atoms with Crippen molar-refractivity contribution in [2.75, 3.05) is 20.6 Å². The molecule has 25 heavy (non-hydrogen) atoms. The molecule has 0 amide bonds. The van der Waals surface area contributed by atoms with Gasteiger partial charge in [0, 0.05) is 12.7 Å². The number of aryl methyl sites for hydroxylation is 1. The quantitative estimate of drug-likeness (QED) is 0.621. The highest BCUT2D eigenvalue weighted by Gasteiger charge is 2.12. The summed E-state index contributed by atoms with van der Waals surface area (Å²) in [7, 11) is 4.18. The topological polar surface area (TPSA) is 30.3 Å². The highest BCUT2D eigenvalue weighted by atomic mass is 16.5. The van der Waals surface area contributed by atoms with Crippen LogP contribution in [0.25, 0.3) is 11.1 Å². The summed E-state index contributed by atoms with van der Waals surface area (Å²) < 4.78 is 8.04. The first kappa shape index (κ1) is 17.2. The van der Waals surface area contributed by atoms with Crippen molar-refractivity contribution >= 4 is 0 Å². The van der Waals surface area contributed by atoms with Gasteiger partial charge in [-0.15, -0.1) is 5.10 Å². The molecule has 0 aliphatic rings. The van der Waals surface area contributed by atoms with Crippen LogP contribution >= 0.6 is 0 Å². The molecule has 2 aromatic carbocycles. The first-order valence-electron chi connectivity index (χ1n) is 8.67. The number of nitrogens with zero attached hydrogens (tertiary/aromatic N) is 3. The Balaban J connectivity index is 1.77. The van der Waals surface area contributed by atoms with Gasteiger partial charge in [-0.1, -0.05) is 60.7 Å². The summed E-state index contributed by atoms with van der Waals surface area (Å²) in [6, 6.07) is 20.5. The molecule has 0 spiro atoms. The maximum absolute atomic E-state index is 6.04. The molecule has 0 saturated heterocycles. The molecular formula is C21H25N3O. The molecular weight excluding hydrogens is 310 g/mol. The second-order valence-electron chi connectivity index (χ2n) is 6.41. The minimum atomic E-state index is 0.523. The zero-order valence-corrected chi connectivity index (χ0v) is 14.9. The van der Waals surface area contributed by atoms with E-state index in [-0.39, 0.29) is 0 Å². The standard InChI is InChI=1S/C21H25N3O/c1-23(2)14-9-15-24-16-20(19-12-7-4-8-13-19)21(22-24)25-17-18-10-5-3-6-11-18/h3-8,10-13,16H,9,14-15,17H2,1-2H3. The lowest BCUT2D eigenvalue weighted by Crippen LogP contribution is -2.15. The van der Waals surface area contributed by atoms with Crippen molar-refractivity contribution in [3.8, 4) is 17.0 Å². The second-order valence-corrected chi connectivity index (χ2v) is 6.41. The number of ether oxygens (including phenoxy) is 1. The number of aromatic nitrogens is 2. The third-order valence-electron chi connectivity index (χ3n) is 4.02. The van der Waals surface area contributed by atoms with E-state index in [9.17, 15) is 0 Å². The van der Waals surface area contributed by atoms with Gasteiger partial charge in [0.15, 0.2) is 0 Å². The SMILES string of the molecule is CN(C)CCCn1cc(-c2ccccc2)c(OCc2ccccc2)n1. The van der Waals surface area contributed by atoms with Gasteiger partial charge in [-0.2, -0.15) is 0 Å². The molecule has 0 unspecified atom stereocenters. The lowest BCUT2D eigenvalue weighted by molar-refractivity contribution is 0.289. The van der Waals surface area contributed by atoms with E-state index in [1.807, 2.05) is 41.1 Å². The molecule has 0 radical (unpaired) electrons. The molecule has 0 fully saturated rings. The van der Waals surface area contributed by atoms with Gasteiger partial charge in [-0.25, -0.2) is 0 Å². The summed E-state index contributed by atoms with van der Waals surface area (Å²) in [5.74, 6) is 0.694. The Hall–Kier alpha value is -2.59. The van der Waals surface area contributed by atoms with E-state index in [0.717, 1.165) is 36.2 Å². The maximum atomic E-state index is 6.04. The molecule has 0 saturated carbocycles. The van der Waals surface area contributed by atoms with Gasteiger partial charge in [-0.05, 0) is 38.2 Å². The summed E-state index contributed by atoms with van der Waals surface area (Å²) in [6.07, 6.45) is 3.15. The van der Waals surface area contributed by atoms with Crippen LogP contribution in [0.5, 0.6) is 5.88 Å². The van der Waals surface area contributed by atoms with E-state index in [0.29, 0.717) is 12.5 Å². The van der Waals surface area contributed by atoms with Gasteiger partial charge in [0.1, 0.15) is 6.61 Å². The molecule has 0 bridgehead atoms. The Bertz CT molecular complexity index is 766. The first-order valence-corrected chi connectivity index (χ1v) is 8.67. The van der Waals surface area contributed by atoms with Gasteiger partial charge >= 0.3 is 0 Å². The molecule has 3 aromatic rings. The molecule has 4 nitrogen and oxygen atoms in total. The fourth-order valence-corrected chi connectivity index (χ4v) is 2.72. The average molecular weight is 335 g/mol. The highest BCUT2D eigenvalue weighted by molar-refractivity contribution is 5.67. The molecule has 0 aliphatic carbocycles. The average Bonchev–Trinajstić information content (AvgIpc) is 3.04. The van der Waals surface area contributed by atoms with Crippen LogP contribution in [0.1, 0.15) is 12.0 Å². The molecule has 4 heteroatoms. The van der Waals surface area contributed by atoms with Crippen LogP contribution in [0, 0.1) is 0 Å². The molecule has 1 aromatic heterocycles. The minimum Gasteiger partial charge on any atom is -0.471 e. The zero-order valence-electron chi connectivity index (χ0n) is 14.9. The van der Waals surface area contributed by atoms with Crippen molar-refractivity contribution in [2.45, 2.75) is 19.6 Å². The van der Waals surface area contributed by atoms with Crippen LogP contribution in [0.3, 0.4) is 0 Å². The summed E-state index contributed by atoms with van der Waals surface area (Å²) in [6.45, 7) is 2.45. The van der Waals surface area contributed by atoms with E-state index in [1.165, 1.54) is 0 Å². The Labute approximate surface area is 149 Å². The van der Waals surface area contributed by atoms with Gasteiger partial charge in [0.2, 0.25) is 5.88 Å². The maximum Gasteiger partial charge on any atom is 0.241 e. The molecule has 3 rings (SSSR count). The predicted octanol–water partition coefficient (Wildman–Crippen LogP) is 4.08. The van der Waals surface area contributed by atoms with Gasteiger partial charge in [0.05, 0.1) is 5.56 Å². The van der Waals surface area contributed by atoms with E-state index < -0.39 is 0 Å². The van der Waals surface area contributed by atoms with Gasteiger partial charge in [-0.3, -0.25) is 4.68 Å². The smallest absolute Gasteiger partial charge is 0.241 e. The third kappa shape index (κ3) is 4.94. The van der Waals surface area contributed by atoms with Crippen molar-refractivity contribution in [1.82, 2.24) is 14.7 Å². The van der Waals surface area contributed by atoms with Gasteiger partial charge in [0.25, 0.3) is 0 Å². The lowest BCUT2D eigenvalue weighted by Gasteiger charge is -2.08. The van der Waals surface area contributed by atoms with E-state index >= 15 is 0 Å². The molecule has 130 valence electrons. The molecule has 0 aliphatic heterocycles. The van der Waals surface area contributed by atoms with Crippen molar-refractivity contribution < 1.29 is 4.74 Å². The Morgan fingerprint density at radius 3 is 2.32 bits per heavy atom. The van der Waals surface area contributed by atoms with Crippen LogP contribution in [-0.4, -0.2) is 35.3 Å². The lowest BCUT2D eigenvalue weighted by atomic mass is 10.1. The van der Waals surface area contributed by atoms with Crippen molar-refractivity contribution in [3.63, 3.8) is 0 Å². The number of rotatable bonds is 8. The summed E-state index contributed by atoms with van der Waals surface area (Å²) in [4.78, 5) is 2.19. The Kier molecular flexibility index (Phi) is 5.86.